The first-order valence-corrected chi connectivity index (χ1v) is 8.85. The first-order valence-electron chi connectivity index (χ1n) is 8.48. The summed E-state index contributed by atoms with van der Waals surface area (Å²) in [6.07, 6.45) is 3.69. The van der Waals surface area contributed by atoms with E-state index in [4.69, 9.17) is 16.3 Å². The van der Waals surface area contributed by atoms with Crippen molar-refractivity contribution in [3.8, 4) is 0 Å². The standard InChI is InChI=1S/C17H20ClN3O3/c18-15-6-2-5-13(20-15)17(23)21-8-11-7-12(14(9-21)24-11)16(22)19-10-3-1-4-10/h2,5-6,10-12,14H,1,3-4,7-9H2,(H,19,22). The van der Waals surface area contributed by atoms with Crippen LogP contribution in [0.5, 0.6) is 0 Å². The number of morpholine rings is 1. The Labute approximate surface area is 145 Å². The quantitative estimate of drug-likeness (QED) is 0.842. The number of aromatic nitrogens is 1. The molecular formula is C17H20ClN3O3. The molecule has 1 aromatic heterocycles. The van der Waals surface area contributed by atoms with Gasteiger partial charge in [0.05, 0.1) is 18.1 Å². The minimum atomic E-state index is -0.230. The molecule has 7 heteroatoms. The number of likely N-dealkylation sites (tertiary alicyclic amines) is 1. The Morgan fingerprint density at radius 3 is 2.83 bits per heavy atom. The number of fused-ring (bicyclic) bond motifs is 2. The molecule has 128 valence electrons. The second kappa shape index (κ2) is 6.33. The van der Waals surface area contributed by atoms with Gasteiger partial charge in [-0.2, -0.15) is 0 Å². The van der Waals surface area contributed by atoms with Crippen molar-refractivity contribution in [2.45, 2.75) is 43.9 Å². The van der Waals surface area contributed by atoms with Crippen LogP contribution in [0.15, 0.2) is 18.2 Å². The van der Waals surface area contributed by atoms with Gasteiger partial charge in [-0.05, 0) is 37.8 Å². The zero-order valence-electron chi connectivity index (χ0n) is 13.3. The maximum atomic E-state index is 12.6. The van der Waals surface area contributed by atoms with Crippen LogP contribution in [0.3, 0.4) is 0 Å². The lowest BCUT2D eigenvalue weighted by Gasteiger charge is -2.33. The highest BCUT2D eigenvalue weighted by Crippen LogP contribution is 2.33. The van der Waals surface area contributed by atoms with Gasteiger partial charge in [-0.1, -0.05) is 17.7 Å². The molecule has 1 aromatic rings. The van der Waals surface area contributed by atoms with E-state index >= 15 is 0 Å². The third-order valence-electron chi connectivity index (χ3n) is 5.17. The molecule has 3 aliphatic rings. The molecule has 1 aliphatic carbocycles. The maximum absolute atomic E-state index is 12.6. The largest absolute Gasteiger partial charge is 0.370 e. The molecule has 0 radical (unpaired) electrons. The van der Waals surface area contributed by atoms with Crippen molar-refractivity contribution in [1.29, 1.82) is 0 Å². The molecule has 2 amide bonds. The van der Waals surface area contributed by atoms with Crippen molar-refractivity contribution >= 4 is 23.4 Å². The zero-order chi connectivity index (χ0) is 16.7. The fraction of sp³-hybridized carbons (Fsp3) is 0.588. The molecule has 3 fully saturated rings. The number of nitrogens with zero attached hydrogens (tertiary/aromatic N) is 2. The van der Waals surface area contributed by atoms with Crippen LogP contribution in [0, 0.1) is 5.92 Å². The fourth-order valence-electron chi connectivity index (χ4n) is 3.65. The zero-order valence-corrected chi connectivity index (χ0v) is 14.0. The number of pyridine rings is 1. The normalized spacial score (nSPS) is 29.2. The number of nitrogens with one attached hydrogen (secondary N) is 1. The van der Waals surface area contributed by atoms with E-state index in [-0.39, 0.29) is 29.9 Å². The number of hydrogen-bond acceptors (Lipinski definition) is 4. The van der Waals surface area contributed by atoms with Crippen LogP contribution in [0.25, 0.3) is 0 Å². The van der Waals surface area contributed by atoms with E-state index in [0.717, 1.165) is 12.8 Å². The van der Waals surface area contributed by atoms with E-state index < -0.39 is 0 Å². The van der Waals surface area contributed by atoms with E-state index in [1.807, 2.05) is 0 Å². The molecule has 2 saturated heterocycles. The van der Waals surface area contributed by atoms with Crippen LogP contribution >= 0.6 is 11.6 Å². The highest BCUT2D eigenvalue weighted by atomic mass is 35.5. The third-order valence-corrected chi connectivity index (χ3v) is 5.38. The summed E-state index contributed by atoms with van der Waals surface area (Å²) in [4.78, 5) is 30.9. The lowest BCUT2D eigenvalue weighted by molar-refractivity contribution is -0.129. The summed E-state index contributed by atoms with van der Waals surface area (Å²) >= 11 is 5.87. The molecule has 1 saturated carbocycles. The number of halogens is 1. The number of hydrogen-bond donors (Lipinski definition) is 1. The molecule has 0 spiro atoms. The molecule has 4 rings (SSSR count). The Kier molecular flexibility index (Phi) is 4.18. The van der Waals surface area contributed by atoms with Crippen molar-refractivity contribution in [2.24, 2.45) is 5.92 Å². The van der Waals surface area contributed by atoms with Crippen molar-refractivity contribution in [2.75, 3.05) is 13.1 Å². The van der Waals surface area contributed by atoms with E-state index in [1.54, 1.807) is 23.1 Å². The summed E-state index contributed by atoms with van der Waals surface area (Å²) in [6, 6.07) is 5.34. The predicted molar refractivity (Wildman–Crippen MR) is 87.7 cm³/mol. The van der Waals surface area contributed by atoms with E-state index in [0.29, 0.717) is 36.4 Å². The van der Waals surface area contributed by atoms with Gasteiger partial charge < -0.3 is 15.0 Å². The molecule has 0 aromatic carbocycles. The summed E-state index contributed by atoms with van der Waals surface area (Å²) in [5.41, 5.74) is 0.333. The highest BCUT2D eigenvalue weighted by Gasteiger charge is 2.46. The fourth-order valence-corrected chi connectivity index (χ4v) is 3.81. The van der Waals surface area contributed by atoms with Crippen LogP contribution < -0.4 is 5.32 Å². The molecule has 3 heterocycles. The summed E-state index contributed by atoms with van der Waals surface area (Å²) < 4.78 is 5.90. The van der Waals surface area contributed by atoms with Gasteiger partial charge >= 0.3 is 0 Å². The summed E-state index contributed by atoms with van der Waals surface area (Å²) in [6.45, 7) is 0.920. The minimum absolute atomic E-state index is 0.0716. The van der Waals surface area contributed by atoms with E-state index in [9.17, 15) is 9.59 Å². The molecular weight excluding hydrogens is 330 g/mol. The second-order valence-electron chi connectivity index (χ2n) is 6.83. The molecule has 6 nitrogen and oxygen atoms in total. The summed E-state index contributed by atoms with van der Waals surface area (Å²) in [5, 5.41) is 3.40. The monoisotopic (exact) mass is 349 g/mol. The smallest absolute Gasteiger partial charge is 0.272 e. The average molecular weight is 350 g/mol. The average Bonchev–Trinajstić information content (AvgIpc) is 2.84. The first-order chi connectivity index (χ1) is 11.6. The molecule has 1 N–H and O–H groups in total. The van der Waals surface area contributed by atoms with Gasteiger partial charge in [-0.25, -0.2) is 4.98 Å². The first kappa shape index (κ1) is 15.8. The Morgan fingerprint density at radius 2 is 2.12 bits per heavy atom. The predicted octanol–water partition coefficient (Wildman–Crippen LogP) is 1.63. The SMILES string of the molecule is O=C(NC1CCC1)C1CC2CN(C(=O)c3cccc(Cl)n3)CC1O2. The topological polar surface area (TPSA) is 71.5 Å². The third kappa shape index (κ3) is 3.00. The molecule has 24 heavy (non-hydrogen) atoms. The molecule has 2 aliphatic heterocycles. The minimum Gasteiger partial charge on any atom is -0.370 e. The van der Waals surface area contributed by atoms with E-state index in [2.05, 4.69) is 10.3 Å². The second-order valence-corrected chi connectivity index (χ2v) is 7.22. The van der Waals surface area contributed by atoms with Gasteiger partial charge in [0.25, 0.3) is 5.91 Å². The number of amides is 2. The van der Waals surface area contributed by atoms with Gasteiger partial charge in [0.2, 0.25) is 5.91 Å². The lowest BCUT2D eigenvalue weighted by Crippen LogP contribution is -2.49. The Bertz CT molecular complexity index is 664. The van der Waals surface area contributed by atoms with Crippen LogP contribution in [0.4, 0.5) is 0 Å². The van der Waals surface area contributed by atoms with Gasteiger partial charge in [0, 0.05) is 19.1 Å². The molecule has 3 unspecified atom stereocenters. The number of carbonyl (C=O) groups is 2. The summed E-state index contributed by atoms with van der Waals surface area (Å²) in [5.74, 6) is -0.251. The van der Waals surface area contributed by atoms with Crippen molar-refractivity contribution < 1.29 is 14.3 Å². The van der Waals surface area contributed by atoms with Gasteiger partial charge in [0.1, 0.15) is 10.8 Å². The van der Waals surface area contributed by atoms with Gasteiger partial charge in [0.15, 0.2) is 0 Å². The van der Waals surface area contributed by atoms with Crippen LogP contribution in [-0.2, 0) is 9.53 Å². The van der Waals surface area contributed by atoms with Gasteiger partial charge in [-0.15, -0.1) is 0 Å². The van der Waals surface area contributed by atoms with Crippen LogP contribution in [0.1, 0.15) is 36.2 Å². The molecule has 3 atom stereocenters. The van der Waals surface area contributed by atoms with Crippen LogP contribution in [-0.4, -0.2) is 53.0 Å². The molecule has 2 bridgehead atoms. The Morgan fingerprint density at radius 1 is 1.29 bits per heavy atom. The maximum Gasteiger partial charge on any atom is 0.272 e. The highest BCUT2D eigenvalue weighted by molar-refractivity contribution is 6.29. The van der Waals surface area contributed by atoms with E-state index in [1.165, 1.54) is 6.42 Å². The van der Waals surface area contributed by atoms with Crippen molar-refractivity contribution in [3.63, 3.8) is 0 Å². The lowest BCUT2D eigenvalue weighted by atomic mass is 9.91. The van der Waals surface area contributed by atoms with Crippen molar-refractivity contribution in [3.05, 3.63) is 29.0 Å². The number of carbonyl (C=O) groups excluding carboxylic acids is 2. The van der Waals surface area contributed by atoms with Crippen molar-refractivity contribution in [1.82, 2.24) is 15.2 Å². The Hall–Kier alpha value is -1.66. The Balaban J connectivity index is 1.42. The summed E-state index contributed by atoms with van der Waals surface area (Å²) in [7, 11) is 0. The number of rotatable bonds is 3. The number of ether oxygens (including phenoxy) is 1. The van der Waals surface area contributed by atoms with Gasteiger partial charge in [-0.3, -0.25) is 9.59 Å². The van der Waals surface area contributed by atoms with Crippen LogP contribution in [0.2, 0.25) is 5.15 Å².